The van der Waals surface area contributed by atoms with Crippen LogP contribution in [0.1, 0.15) is 6.42 Å². The Labute approximate surface area is 187 Å². The normalized spacial score (nSPS) is 18.7. The van der Waals surface area contributed by atoms with Crippen LogP contribution in [0.2, 0.25) is 5.02 Å². The summed E-state index contributed by atoms with van der Waals surface area (Å²) in [6, 6.07) is 13.7. The van der Waals surface area contributed by atoms with Crippen molar-refractivity contribution in [3.05, 3.63) is 71.8 Å². The molecule has 0 aliphatic carbocycles. The molecule has 2 N–H and O–H groups in total. The first-order valence-electron chi connectivity index (χ1n) is 9.53. The maximum Gasteiger partial charge on any atom is 0.242 e. The highest BCUT2D eigenvalue weighted by Gasteiger charge is 2.30. The van der Waals surface area contributed by atoms with Crippen LogP contribution in [0.25, 0.3) is 11.1 Å². The number of hydrogen-bond acceptors (Lipinski definition) is 3. The molecule has 2 aromatic carbocycles. The number of amides is 1. The average molecular weight is 464 g/mol. The third-order valence-corrected chi connectivity index (χ3v) is 6.16. The largest absolute Gasteiger partial charge is 0.325 e. The molecule has 1 unspecified atom stereocenters. The molecular formula is C21H23ClFN5O2S. The molecule has 4 rings (SSSR count). The van der Waals surface area contributed by atoms with Crippen LogP contribution in [0.3, 0.4) is 0 Å². The van der Waals surface area contributed by atoms with Gasteiger partial charge in [-0.3, -0.25) is 9.48 Å². The number of likely N-dealkylation sites (N-methyl/N-ethyl adjacent to an activating group) is 1. The minimum absolute atomic E-state index is 0.0555. The molecule has 164 valence electrons. The second-order valence-corrected chi connectivity index (χ2v) is 8.65. The topological polar surface area (TPSA) is 79.3 Å². The average Bonchev–Trinajstić information content (AvgIpc) is 3.20. The molecule has 3 aromatic rings. The van der Waals surface area contributed by atoms with Crippen molar-refractivity contribution in [1.29, 1.82) is 0 Å². The van der Waals surface area contributed by atoms with Crippen molar-refractivity contribution >= 4 is 34.4 Å². The molecule has 2 atom stereocenters. The minimum Gasteiger partial charge on any atom is -0.325 e. The minimum atomic E-state index is -1.37. The van der Waals surface area contributed by atoms with Gasteiger partial charge in [-0.1, -0.05) is 41.9 Å². The van der Waals surface area contributed by atoms with E-state index in [1.165, 1.54) is 28.1 Å². The highest BCUT2D eigenvalue weighted by molar-refractivity contribution is 7.80. The van der Waals surface area contributed by atoms with Gasteiger partial charge < -0.3 is 5.32 Å². The number of halogens is 2. The summed E-state index contributed by atoms with van der Waals surface area (Å²) in [6.07, 6.45) is 4.42. The van der Waals surface area contributed by atoms with Gasteiger partial charge in [0.15, 0.2) is 11.2 Å². The first kappa shape index (κ1) is 23.1. The number of aromatic nitrogens is 2. The predicted octanol–water partition coefficient (Wildman–Crippen LogP) is 3.38. The molecule has 2 heterocycles. The smallest absolute Gasteiger partial charge is 0.242 e. The van der Waals surface area contributed by atoms with Crippen molar-refractivity contribution in [2.45, 2.75) is 12.5 Å². The summed E-state index contributed by atoms with van der Waals surface area (Å²) >= 11 is 4.27. The van der Waals surface area contributed by atoms with Crippen molar-refractivity contribution in [2.75, 3.05) is 18.9 Å². The zero-order chi connectivity index (χ0) is 22.4. The molecule has 0 saturated carbocycles. The highest BCUT2D eigenvalue weighted by Crippen LogP contribution is 2.20. The van der Waals surface area contributed by atoms with Gasteiger partial charge >= 0.3 is 0 Å². The Morgan fingerprint density at radius 2 is 1.97 bits per heavy atom. The van der Waals surface area contributed by atoms with Crippen LogP contribution in [-0.4, -0.2) is 43.8 Å². The fraction of sp³-hybridized carbons (Fsp3) is 0.238. The molecule has 1 aromatic heterocycles. The van der Waals surface area contributed by atoms with Crippen molar-refractivity contribution in [1.82, 2.24) is 18.8 Å². The van der Waals surface area contributed by atoms with Crippen LogP contribution >= 0.6 is 11.6 Å². The maximum atomic E-state index is 13.0. The molecule has 1 saturated heterocycles. The van der Waals surface area contributed by atoms with Gasteiger partial charge in [-0.2, -0.15) is 5.10 Å². The van der Waals surface area contributed by atoms with E-state index < -0.39 is 23.0 Å². The Morgan fingerprint density at radius 1 is 1.23 bits per heavy atom. The highest BCUT2D eigenvalue weighted by atomic mass is 35.5. The molecule has 10 heteroatoms. The molecule has 1 aliphatic heterocycles. The van der Waals surface area contributed by atoms with E-state index in [2.05, 4.69) is 27.3 Å². The molecule has 1 aliphatic rings. The fourth-order valence-electron chi connectivity index (χ4n) is 2.98. The van der Waals surface area contributed by atoms with E-state index in [0.29, 0.717) is 18.7 Å². The summed E-state index contributed by atoms with van der Waals surface area (Å²) in [6.45, 7) is 0.499. The van der Waals surface area contributed by atoms with Gasteiger partial charge in [0.1, 0.15) is 11.9 Å². The van der Waals surface area contributed by atoms with Gasteiger partial charge in [-0.25, -0.2) is 17.6 Å². The lowest BCUT2D eigenvalue weighted by molar-refractivity contribution is -0.119. The molecule has 31 heavy (non-hydrogen) atoms. The molecule has 7 nitrogen and oxygen atoms in total. The molecule has 0 bridgehead atoms. The third-order valence-electron chi connectivity index (χ3n) is 4.65. The van der Waals surface area contributed by atoms with Crippen molar-refractivity contribution in [2.24, 2.45) is 7.05 Å². The van der Waals surface area contributed by atoms with E-state index in [-0.39, 0.29) is 10.9 Å². The zero-order valence-corrected chi connectivity index (χ0v) is 18.7. The first-order valence-corrected chi connectivity index (χ1v) is 11.0. The lowest BCUT2D eigenvalue weighted by Gasteiger charge is -2.30. The Bertz CT molecular complexity index is 1060. The number of benzene rings is 2. The lowest BCUT2D eigenvalue weighted by Crippen LogP contribution is -2.51. The van der Waals surface area contributed by atoms with Crippen LogP contribution < -0.4 is 10.0 Å². The number of aryl methyl sites for hydroxylation is 1. The monoisotopic (exact) mass is 463 g/mol. The van der Waals surface area contributed by atoms with Crippen LogP contribution in [0.4, 0.5) is 10.1 Å². The number of carbonyl (C=O) groups excluding carboxylic acids is 1. The summed E-state index contributed by atoms with van der Waals surface area (Å²) in [5.41, 5.74) is 2.79. The van der Waals surface area contributed by atoms with Gasteiger partial charge in [-0.05, 0) is 30.2 Å². The molecule has 1 amide bonds. The molecule has 0 spiro atoms. The Kier molecular flexibility index (Phi) is 7.91. The van der Waals surface area contributed by atoms with E-state index >= 15 is 0 Å². The van der Waals surface area contributed by atoms with Gasteiger partial charge in [0.25, 0.3) is 0 Å². The van der Waals surface area contributed by atoms with E-state index in [4.69, 9.17) is 11.6 Å². The van der Waals surface area contributed by atoms with Crippen molar-refractivity contribution in [3.63, 3.8) is 0 Å². The van der Waals surface area contributed by atoms with Crippen LogP contribution in [0, 0.1) is 5.82 Å². The molecule has 1 fully saturated rings. The summed E-state index contributed by atoms with van der Waals surface area (Å²) in [4.78, 5) is 12.1. The third kappa shape index (κ3) is 6.20. The number of anilines is 1. The number of nitrogens with zero attached hydrogens (tertiary/aromatic N) is 3. The van der Waals surface area contributed by atoms with E-state index in [9.17, 15) is 13.4 Å². The summed E-state index contributed by atoms with van der Waals surface area (Å²) < 4.78 is 30.5. The van der Waals surface area contributed by atoms with Gasteiger partial charge in [0.05, 0.1) is 11.2 Å². The molecular weight excluding hydrogens is 441 g/mol. The quantitative estimate of drug-likeness (QED) is 0.625. The van der Waals surface area contributed by atoms with E-state index in [0.717, 1.165) is 5.56 Å². The number of nitrogens with one attached hydrogen (secondary N) is 2. The predicted molar refractivity (Wildman–Crippen MR) is 121 cm³/mol. The van der Waals surface area contributed by atoms with E-state index in [1.54, 1.807) is 7.05 Å². The Morgan fingerprint density at radius 3 is 2.61 bits per heavy atom. The Balaban J connectivity index is 0.000000194. The lowest BCUT2D eigenvalue weighted by atomic mass is 10.1. The molecule has 0 radical (unpaired) electrons. The summed E-state index contributed by atoms with van der Waals surface area (Å²) in [5, 5.41) is 6.69. The second-order valence-electron chi connectivity index (χ2n) is 6.88. The van der Waals surface area contributed by atoms with Crippen molar-refractivity contribution < 1.29 is 13.4 Å². The maximum absolute atomic E-state index is 13.0. The Hall–Kier alpha value is -2.59. The number of carbonyl (C=O) groups is 1. The number of hydrogen-bond donors (Lipinski definition) is 2. The van der Waals surface area contributed by atoms with Gasteiger partial charge in [-0.15, -0.1) is 0 Å². The number of rotatable bonds is 3. The van der Waals surface area contributed by atoms with Crippen LogP contribution in [-0.2, 0) is 23.0 Å². The van der Waals surface area contributed by atoms with Crippen molar-refractivity contribution in [3.8, 4) is 11.1 Å². The standard InChI is InChI=1S/C11H13ClFN3O2S.C10H10N2/c1-16-10(4-5-14-19(16)18)11(17)15-7-2-3-9(13)8(12)6-7;1-12-8-10(7-11-12)9-5-3-2-4-6-9/h2-3,6,10,14H,4-5H2,1H3,(H,15,17);2-8H,1H3/t10-,19?;/m1./s1. The summed E-state index contributed by atoms with van der Waals surface area (Å²) in [7, 11) is 3.52. The van der Waals surface area contributed by atoms with E-state index in [1.807, 2.05) is 42.3 Å². The van der Waals surface area contributed by atoms with Gasteiger partial charge in [0.2, 0.25) is 5.91 Å². The fourth-order valence-corrected chi connectivity index (χ4v) is 4.09. The second kappa shape index (κ2) is 10.6. The van der Waals surface area contributed by atoms with Crippen LogP contribution in [0.5, 0.6) is 0 Å². The van der Waals surface area contributed by atoms with Gasteiger partial charge in [0, 0.05) is 38.1 Å². The SMILES string of the molecule is CN1[C@@H](C(=O)Nc2ccc(F)c(Cl)c2)CCNS1=O.Cn1cc(-c2ccccc2)cn1. The van der Waals surface area contributed by atoms with Crippen LogP contribution in [0.15, 0.2) is 60.9 Å². The zero-order valence-electron chi connectivity index (χ0n) is 17.1. The summed E-state index contributed by atoms with van der Waals surface area (Å²) in [5.74, 6) is -0.834. The first-order chi connectivity index (χ1) is 14.8.